The molecule has 0 saturated heterocycles. The summed E-state index contributed by atoms with van der Waals surface area (Å²) < 4.78 is 11.5. The molecule has 1 fully saturated rings. The van der Waals surface area contributed by atoms with Crippen molar-refractivity contribution >= 4 is 0 Å². The van der Waals surface area contributed by atoms with Crippen molar-refractivity contribution in [1.82, 2.24) is 0 Å². The Kier molecular flexibility index (Phi) is 7.56. The fourth-order valence-corrected chi connectivity index (χ4v) is 3.74. The number of ether oxygens (including phenoxy) is 2. The lowest BCUT2D eigenvalue weighted by Crippen LogP contribution is -2.22. The van der Waals surface area contributed by atoms with Crippen molar-refractivity contribution in [2.45, 2.75) is 64.4 Å². The first-order valence-corrected chi connectivity index (χ1v) is 10.2. The zero-order valence-electron chi connectivity index (χ0n) is 15.8. The van der Waals surface area contributed by atoms with E-state index in [2.05, 4.69) is 43.4 Å². The van der Waals surface area contributed by atoms with E-state index in [1.54, 1.807) is 0 Å². The molecule has 0 bridgehead atoms. The standard InChI is InChI=1S/C23H34O2/c1-19(17-24-18-21-9-7-10-21)25-15-6-2-3-8-20-13-14-22-11-4-5-12-23(22)16-20/h2,6,11,13-14,16,19,21,23H,3-5,7-10,12,15,17-18H2,1H3/b6-2+/t19-,23?/m0/s1. The molecule has 0 spiro atoms. The molecule has 2 heteroatoms. The van der Waals surface area contributed by atoms with Crippen LogP contribution >= 0.6 is 0 Å². The number of allylic oxidation sites excluding steroid dienone is 7. The van der Waals surface area contributed by atoms with Crippen molar-refractivity contribution in [2.24, 2.45) is 11.8 Å². The van der Waals surface area contributed by atoms with Crippen molar-refractivity contribution in [3.8, 4) is 0 Å². The molecule has 138 valence electrons. The third kappa shape index (κ3) is 6.27. The van der Waals surface area contributed by atoms with Crippen molar-refractivity contribution in [2.75, 3.05) is 19.8 Å². The summed E-state index contributed by atoms with van der Waals surface area (Å²) in [6.45, 7) is 4.43. The van der Waals surface area contributed by atoms with E-state index in [4.69, 9.17) is 9.47 Å². The van der Waals surface area contributed by atoms with Crippen LogP contribution in [0.25, 0.3) is 0 Å². The Morgan fingerprint density at radius 2 is 2.08 bits per heavy atom. The first-order valence-electron chi connectivity index (χ1n) is 10.2. The highest BCUT2D eigenvalue weighted by Gasteiger charge is 2.18. The number of hydrogen-bond acceptors (Lipinski definition) is 2. The van der Waals surface area contributed by atoms with Crippen LogP contribution in [0.2, 0.25) is 0 Å². The second kappa shape index (κ2) is 10.1. The lowest BCUT2D eigenvalue weighted by molar-refractivity contribution is -0.0145. The molecule has 0 aromatic heterocycles. The summed E-state index contributed by atoms with van der Waals surface area (Å²) in [5.41, 5.74) is 3.03. The van der Waals surface area contributed by atoms with Crippen LogP contribution < -0.4 is 0 Å². The summed E-state index contributed by atoms with van der Waals surface area (Å²) in [4.78, 5) is 0. The third-order valence-corrected chi connectivity index (χ3v) is 5.61. The first-order chi connectivity index (χ1) is 12.3. The van der Waals surface area contributed by atoms with E-state index in [9.17, 15) is 0 Å². The van der Waals surface area contributed by atoms with Crippen molar-refractivity contribution in [3.63, 3.8) is 0 Å². The van der Waals surface area contributed by atoms with Gasteiger partial charge < -0.3 is 9.47 Å². The predicted molar refractivity (Wildman–Crippen MR) is 105 cm³/mol. The van der Waals surface area contributed by atoms with E-state index >= 15 is 0 Å². The van der Waals surface area contributed by atoms with Gasteiger partial charge in [0.15, 0.2) is 0 Å². The van der Waals surface area contributed by atoms with Gasteiger partial charge >= 0.3 is 0 Å². The van der Waals surface area contributed by atoms with Crippen LogP contribution in [0, 0.1) is 11.8 Å². The largest absolute Gasteiger partial charge is 0.378 e. The average molecular weight is 343 g/mol. The van der Waals surface area contributed by atoms with E-state index in [1.165, 1.54) is 49.7 Å². The minimum atomic E-state index is 0.185. The molecule has 1 unspecified atom stereocenters. The van der Waals surface area contributed by atoms with Gasteiger partial charge in [-0.05, 0) is 63.4 Å². The van der Waals surface area contributed by atoms with Crippen molar-refractivity contribution in [3.05, 3.63) is 47.6 Å². The molecule has 25 heavy (non-hydrogen) atoms. The molecule has 0 heterocycles. The fourth-order valence-electron chi connectivity index (χ4n) is 3.74. The van der Waals surface area contributed by atoms with Gasteiger partial charge in [0.05, 0.1) is 19.3 Å². The number of rotatable bonds is 10. The Bertz CT molecular complexity index is 522. The Hall–Kier alpha value is -1.12. The van der Waals surface area contributed by atoms with Gasteiger partial charge in [0.1, 0.15) is 0 Å². The minimum Gasteiger partial charge on any atom is -0.378 e. The average Bonchev–Trinajstić information content (AvgIpc) is 2.60. The van der Waals surface area contributed by atoms with Crippen molar-refractivity contribution in [1.29, 1.82) is 0 Å². The highest BCUT2D eigenvalue weighted by Crippen LogP contribution is 2.32. The molecular weight excluding hydrogens is 308 g/mol. The van der Waals surface area contributed by atoms with Gasteiger partial charge in [-0.3, -0.25) is 0 Å². The summed E-state index contributed by atoms with van der Waals surface area (Å²) in [6.07, 6.45) is 24.4. The first kappa shape index (κ1) is 18.7. The predicted octanol–water partition coefficient (Wildman–Crippen LogP) is 5.77. The number of hydrogen-bond donors (Lipinski definition) is 0. The molecule has 0 amide bonds. The van der Waals surface area contributed by atoms with Gasteiger partial charge in [0, 0.05) is 12.5 Å². The molecule has 3 aliphatic rings. The third-order valence-electron chi connectivity index (χ3n) is 5.61. The van der Waals surface area contributed by atoms with E-state index in [1.807, 2.05) is 0 Å². The molecule has 0 aromatic rings. The summed E-state index contributed by atoms with van der Waals surface area (Å²) >= 11 is 0. The van der Waals surface area contributed by atoms with Crippen molar-refractivity contribution < 1.29 is 9.47 Å². The monoisotopic (exact) mass is 342 g/mol. The molecule has 0 aliphatic heterocycles. The van der Waals surface area contributed by atoms with E-state index in [0.29, 0.717) is 12.5 Å². The lowest BCUT2D eigenvalue weighted by Gasteiger charge is -2.25. The van der Waals surface area contributed by atoms with Crippen LogP contribution in [-0.2, 0) is 9.47 Å². The highest BCUT2D eigenvalue weighted by molar-refractivity contribution is 5.39. The Labute approximate surface area is 153 Å². The zero-order chi connectivity index (χ0) is 17.3. The van der Waals surface area contributed by atoms with Gasteiger partial charge in [0.25, 0.3) is 0 Å². The normalized spacial score (nSPS) is 24.6. The Balaban J connectivity index is 1.24. The maximum atomic E-state index is 5.79. The lowest BCUT2D eigenvalue weighted by atomic mass is 9.82. The molecule has 3 aliphatic carbocycles. The van der Waals surface area contributed by atoms with E-state index in [0.717, 1.165) is 32.0 Å². The molecule has 0 aromatic carbocycles. The Morgan fingerprint density at radius 3 is 2.92 bits per heavy atom. The smallest absolute Gasteiger partial charge is 0.0784 e. The molecule has 0 N–H and O–H groups in total. The second-order valence-corrected chi connectivity index (χ2v) is 7.80. The summed E-state index contributed by atoms with van der Waals surface area (Å²) in [5.74, 6) is 1.50. The fraction of sp³-hybridized carbons (Fsp3) is 0.652. The topological polar surface area (TPSA) is 18.5 Å². The van der Waals surface area contributed by atoms with Crippen LogP contribution in [-0.4, -0.2) is 25.9 Å². The van der Waals surface area contributed by atoms with Gasteiger partial charge in [-0.2, -0.15) is 0 Å². The maximum absolute atomic E-state index is 5.79. The van der Waals surface area contributed by atoms with Gasteiger partial charge in [0.2, 0.25) is 0 Å². The quantitative estimate of drug-likeness (QED) is 0.469. The highest BCUT2D eigenvalue weighted by atomic mass is 16.5. The molecule has 2 nitrogen and oxygen atoms in total. The maximum Gasteiger partial charge on any atom is 0.0784 e. The molecule has 1 saturated carbocycles. The van der Waals surface area contributed by atoms with E-state index in [-0.39, 0.29) is 6.10 Å². The van der Waals surface area contributed by atoms with Crippen LogP contribution in [0.15, 0.2) is 47.6 Å². The number of fused-ring (bicyclic) bond motifs is 1. The van der Waals surface area contributed by atoms with Crippen LogP contribution in [0.3, 0.4) is 0 Å². The van der Waals surface area contributed by atoms with Crippen LogP contribution in [0.4, 0.5) is 0 Å². The SMILES string of the molecule is C[C@@H](COCC1CCC1)OC/C=C/CCC1=CC2CCCC=C2C=C1. The summed E-state index contributed by atoms with van der Waals surface area (Å²) in [5, 5.41) is 0. The zero-order valence-corrected chi connectivity index (χ0v) is 15.8. The minimum absolute atomic E-state index is 0.185. The van der Waals surface area contributed by atoms with Gasteiger partial charge in [-0.1, -0.05) is 48.5 Å². The molecule has 0 radical (unpaired) electrons. The van der Waals surface area contributed by atoms with Crippen LogP contribution in [0.1, 0.15) is 58.3 Å². The van der Waals surface area contributed by atoms with Crippen LogP contribution in [0.5, 0.6) is 0 Å². The Morgan fingerprint density at radius 1 is 1.16 bits per heavy atom. The molecule has 2 atom stereocenters. The van der Waals surface area contributed by atoms with Gasteiger partial charge in [-0.15, -0.1) is 0 Å². The second-order valence-electron chi connectivity index (χ2n) is 7.80. The molecule has 3 rings (SSSR count). The molecular formula is C23H34O2. The summed E-state index contributed by atoms with van der Waals surface area (Å²) in [6, 6.07) is 0. The summed E-state index contributed by atoms with van der Waals surface area (Å²) in [7, 11) is 0. The van der Waals surface area contributed by atoms with E-state index < -0.39 is 0 Å². The van der Waals surface area contributed by atoms with Gasteiger partial charge in [-0.25, -0.2) is 0 Å².